The average molecular weight is 499 g/mol. The minimum Gasteiger partial charge on any atom is -0.483 e. The van der Waals surface area contributed by atoms with Crippen LogP contribution in [0.5, 0.6) is 5.75 Å². The molecule has 0 radical (unpaired) electrons. The highest BCUT2D eigenvalue weighted by Crippen LogP contribution is 2.50. The van der Waals surface area contributed by atoms with E-state index in [-0.39, 0.29) is 24.1 Å². The zero-order valence-corrected chi connectivity index (χ0v) is 21.9. The third-order valence-corrected chi connectivity index (χ3v) is 7.78. The summed E-state index contributed by atoms with van der Waals surface area (Å²) in [7, 11) is 0. The molecule has 6 heteroatoms. The van der Waals surface area contributed by atoms with E-state index in [1.165, 1.54) is 0 Å². The molecular formula is C31H34N2O4. The summed E-state index contributed by atoms with van der Waals surface area (Å²) in [6, 6.07) is 13.3. The SMILES string of the molecule is CCN1C2=C(C(=O)CCC2)C(c2ccccc2OCC(=O)Nc2ccc(C)c(C)c2)C2=C1CCCC2=O. The first-order valence-electron chi connectivity index (χ1n) is 13.3. The Morgan fingerprint density at radius 1 is 0.919 bits per heavy atom. The van der Waals surface area contributed by atoms with Crippen LogP contribution < -0.4 is 10.1 Å². The van der Waals surface area contributed by atoms with E-state index < -0.39 is 5.92 Å². The van der Waals surface area contributed by atoms with Crippen LogP contribution in [0, 0.1) is 13.8 Å². The molecule has 0 saturated heterocycles. The predicted molar refractivity (Wildman–Crippen MR) is 143 cm³/mol. The summed E-state index contributed by atoms with van der Waals surface area (Å²) in [4.78, 5) is 41.7. The second-order valence-corrected chi connectivity index (χ2v) is 10.1. The van der Waals surface area contributed by atoms with Crippen LogP contribution in [0.4, 0.5) is 5.69 Å². The Balaban J connectivity index is 1.48. The van der Waals surface area contributed by atoms with Crippen LogP contribution in [0.15, 0.2) is 65.0 Å². The van der Waals surface area contributed by atoms with Gasteiger partial charge in [-0.2, -0.15) is 0 Å². The molecule has 0 bridgehead atoms. The quantitative estimate of drug-likeness (QED) is 0.549. The molecule has 0 unspecified atom stereocenters. The van der Waals surface area contributed by atoms with Gasteiger partial charge < -0.3 is 15.0 Å². The number of Topliss-reactive ketones (excluding diaryl/α,β-unsaturated/α-hetero) is 2. The van der Waals surface area contributed by atoms with Crippen LogP contribution in [0.2, 0.25) is 0 Å². The Hall–Kier alpha value is -3.67. The van der Waals surface area contributed by atoms with Crippen molar-refractivity contribution in [3.8, 4) is 5.75 Å². The molecule has 192 valence electrons. The number of ether oxygens (including phenoxy) is 1. The average Bonchev–Trinajstić information content (AvgIpc) is 2.89. The van der Waals surface area contributed by atoms with E-state index in [2.05, 4.69) is 17.1 Å². The lowest BCUT2D eigenvalue weighted by atomic mass is 9.70. The number of benzene rings is 2. The second kappa shape index (κ2) is 10.4. The zero-order valence-electron chi connectivity index (χ0n) is 21.9. The van der Waals surface area contributed by atoms with Gasteiger partial charge in [0.25, 0.3) is 5.91 Å². The van der Waals surface area contributed by atoms with Crippen LogP contribution in [-0.2, 0) is 14.4 Å². The van der Waals surface area contributed by atoms with Crippen LogP contribution in [0.25, 0.3) is 0 Å². The topological polar surface area (TPSA) is 75.7 Å². The monoisotopic (exact) mass is 498 g/mol. The Kier molecular flexibility index (Phi) is 7.00. The summed E-state index contributed by atoms with van der Waals surface area (Å²) >= 11 is 0. The van der Waals surface area contributed by atoms with Crippen molar-refractivity contribution in [2.24, 2.45) is 0 Å². The fraction of sp³-hybridized carbons (Fsp3) is 0.387. The van der Waals surface area contributed by atoms with Crippen molar-refractivity contribution in [2.75, 3.05) is 18.5 Å². The molecule has 3 aliphatic rings. The maximum Gasteiger partial charge on any atom is 0.262 e. The molecular weight excluding hydrogens is 464 g/mol. The highest BCUT2D eigenvalue weighted by atomic mass is 16.5. The highest BCUT2D eigenvalue weighted by molar-refractivity contribution is 6.06. The fourth-order valence-corrected chi connectivity index (χ4v) is 5.92. The number of carbonyl (C=O) groups excluding carboxylic acids is 3. The molecule has 2 aromatic carbocycles. The highest BCUT2D eigenvalue weighted by Gasteiger charge is 2.43. The molecule has 1 amide bonds. The summed E-state index contributed by atoms with van der Waals surface area (Å²) in [6.45, 7) is 6.69. The van der Waals surface area contributed by atoms with E-state index >= 15 is 0 Å². The molecule has 6 nitrogen and oxygen atoms in total. The van der Waals surface area contributed by atoms with E-state index in [4.69, 9.17) is 4.74 Å². The summed E-state index contributed by atoms with van der Waals surface area (Å²) in [5.74, 6) is 0.0329. The van der Waals surface area contributed by atoms with Gasteiger partial charge >= 0.3 is 0 Å². The van der Waals surface area contributed by atoms with Crippen molar-refractivity contribution in [2.45, 2.75) is 65.2 Å². The first-order valence-corrected chi connectivity index (χ1v) is 13.3. The third kappa shape index (κ3) is 4.73. The molecule has 1 heterocycles. The van der Waals surface area contributed by atoms with E-state index in [0.717, 1.165) is 77.1 Å². The number of carbonyl (C=O) groups is 3. The Bertz CT molecular complexity index is 1290. The lowest BCUT2D eigenvalue weighted by Gasteiger charge is -2.43. The number of nitrogens with one attached hydrogen (secondary N) is 1. The lowest BCUT2D eigenvalue weighted by molar-refractivity contribution is -0.119. The number of nitrogens with zero attached hydrogens (tertiary/aromatic N) is 1. The maximum atomic E-state index is 13.4. The van der Waals surface area contributed by atoms with Gasteiger partial charge in [-0.25, -0.2) is 0 Å². The van der Waals surface area contributed by atoms with Crippen molar-refractivity contribution in [1.82, 2.24) is 4.90 Å². The van der Waals surface area contributed by atoms with Gasteiger partial charge in [-0.1, -0.05) is 24.3 Å². The molecule has 2 aromatic rings. The number of hydrogen-bond donors (Lipinski definition) is 1. The molecule has 2 aliphatic carbocycles. The molecule has 0 aromatic heterocycles. The summed E-state index contributed by atoms with van der Waals surface area (Å²) in [5.41, 5.74) is 7.35. The van der Waals surface area contributed by atoms with E-state index in [1.54, 1.807) is 0 Å². The van der Waals surface area contributed by atoms with Crippen molar-refractivity contribution in [3.05, 3.63) is 81.7 Å². The van der Waals surface area contributed by atoms with Gasteiger partial charge in [-0.05, 0) is 75.8 Å². The van der Waals surface area contributed by atoms with Crippen LogP contribution >= 0.6 is 0 Å². The first kappa shape index (κ1) is 25.0. The Labute approximate surface area is 218 Å². The van der Waals surface area contributed by atoms with Crippen LogP contribution in [-0.4, -0.2) is 35.5 Å². The van der Waals surface area contributed by atoms with Gasteiger partial charge in [-0.3, -0.25) is 14.4 Å². The molecule has 0 fully saturated rings. The van der Waals surface area contributed by atoms with Gasteiger partial charge in [0, 0.05) is 59.1 Å². The van der Waals surface area contributed by atoms with Gasteiger partial charge in [0.1, 0.15) is 5.75 Å². The van der Waals surface area contributed by atoms with Gasteiger partial charge in [0.15, 0.2) is 18.2 Å². The number of hydrogen-bond acceptors (Lipinski definition) is 5. The zero-order chi connectivity index (χ0) is 26.1. The number of rotatable bonds is 6. The number of para-hydroxylation sites is 1. The molecule has 0 spiro atoms. The van der Waals surface area contributed by atoms with Crippen molar-refractivity contribution < 1.29 is 19.1 Å². The van der Waals surface area contributed by atoms with Crippen molar-refractivity contribution in [1.29, 1.82) is 0 Å². The normalized spacial score (nSPS) is 18.1. The van der Waals surface area contributed by atoms with Crippen molar-refractivity contribution >= 4 is 23.2 Å². The molecule has 1 N–H and O–H groups in total. The summed E-state index contributed by atoms with van der Waals surface area (Å²) in [5, 5.41) is 2.90. The van der Waals surface area contributed by atoms with E-state index in [9.17, 15) is 14.4 Å². The smallest absolute Gasteiger partial charge is 0.262 e. The number of amides is 1. The summed E-state index contributed by atoms with van der Waals surface area (Å²) in [6.07, 6.45) is 4.30. The maximum absolute atomic E-state index is 13.4. The molecule has 0 saturated carbocycles. The number of anilines is 1. The minimum atomic E-state index is -0.451. The largest absolute Gasteiger partial charge is 0.483 e. The standard InChI is InChI=1S/C31H34N2O4/c1-4-33-23-10-7-12-25(34)30(23)29(31-24(33)11-8-13-26(31)35)22-9-5-6-14-27(22)37-18-28(36)32-21-16-15-19(2)20(3)17-21/h5-6,9,14-17,29H,4,7-8,10-13,18H2,1-3H3,(H,32,36). The molecule has 1 aliphatic heterocycles. The van der Waals surface area contributed by atoms with Crippen LogP contribution in [0.3, 0.4) is 0 Å². The minimum absolute atomic E-state index is 0.108. The number of allylic oxidation sites excluding steroid dienone is 4. The van der Waals surface area contributed by atoms with Gasteiger partial charge in [0.2, 0.25) is 0 Å². The van der Waals surface area contributed by atoms with Gasteiger partial charge in [0.05, 0.1) is 0 Å². The Morgan fingerprint density at radius 3 is 2.19 bits per heavy atom. The lowest BCUT2D eigenvalue weighted by Crippen LogP contribution is -2.39. The van der Waals surface area contributed by atoms with E-state index in [0.29, 0.717) is 18.6 Å². The van der Waals surface area contributed by atoms with Crippen molar-refractivity contribution in [3.63, 3.8) is 0 Å². The Morgan fingerprint density at radius 2 is 1.57 bits per heavy atom. The van der Waals surface area contributed by atoms with Crippen LogP contribution in [0.1, 0.15) is 68.1 Å². The fourth-order valence-electron chi connectivity index (χ4n) is 5.92. The molecule has 5 rings (SSSR count). The second-order valence-electron chi connectivity index (χ2n) is 10.1. The molecule has 0 atom stereocenters. The predicted octanol–water partition coefficient (Wildman–Crippen LogP) is 5.75. The third-order valence-electron chi connectivity index (χ3n) is 7.78. The van der Waals surface area contributed by atoms with E-state index in [1.807, 2.05) is 56.3 Å². The summed E-state index contributed by atoms with van der Waals surface area (Å²) < 4.78 is 6.07. The number of ketones is 2. The van der Waals surface area contributed by atoms with Gasteiger partial charge in [-0.15, -0.1) is 0 Å². The first-order chi connectivity index (χ1) is 17.9. The number of aryl methyl sites for hydroxylation is 2. The molecule has 37 heavy (non-hydrogen) atoms.